The summed E-state index contributed by atoms with van der Waals surface area (Å²) < 4.78 is 29.9. The van der Waals surface area contributed by atoms with Crippen LogP contribution < -0.4 is 4.72 Å². The summed E-state index contributed by atoms with van der Waals surface area (Å²) in [5.41, 5.74) is 5.33. The fourth-order valence-electron chi connectivity index (χ4n) is 2.89. The molecule has 3 rings (SSSR count). The zero-order valence-electron chi connectivity index (χ0n) is 15.4. The largest absolute Gasteiger partial charge is 0.280 e. The number of nitrogens with one attached hydrogen (secondary N) is 1. The smallest absolute Gasteiger partial charge is 0.262 e. The molecule has 0 radical (unpaired) electrons. The van der Waals surface area contributed by atoms with Crippen molar-refractivity contribution in [3.8, 4) is 0 Å². The van der Waals surface area contributed by atoms with Crippen molar-refractivity contribution in [1.82, 2.24) is 9.78 Å². The van der Waals surface area contributed by atoms with E-state index in [1.807, 2.05) is 55.8 Å². The topological polar surface area (TPSA) is 64.0 Å². The number of aromatic nitrogens is 2. The zero-order valence-corrected chi connectivity index (χ0v) is 16.3. The summed E-state index contributed by atoms with van der Waals surface area (Å²) in [4.78, 5) is 0.309. The Morgan fingerprint density at radius 1 is 0.962 bits per heavy atom. The third-order valence-electron chi connectivity index (χ3n) is 4.28. The summed E-state index contributed by atoms with van der Waals surface area (Å²) in [5, 5.41) is 4.45. The van der Waals surface area contributed by atoms with Gasteiger partial charge in [-0.25, -0.2) is 8.42 Å². The second-order valence-electron chi connectivity index (χ2n) is 6.66. The highest BCUT2D eigenvalue weighted by Crippen LogP contribution is 2.21. The molecule has 1 aromatic heterocycles. The number of hydrogen-bond donors (Lipinski definition) is 1. The van der Waals surface area contributed by atoms with Crippen LogP contribution >= 0.6 is 0 Å². The molecule has 0 unspecified atom stereocenters. The van der Waals surface area contributed by atoms with Crippen LogP contribution in [0.15, 0.2) is 53.4 Å². The van der Waals surface area contributed by atoms with E-state index < -0.39 is 10.0 Å². The van der Waals surface area contributed by atoms with Gasteiger partial charge in [-0.15, -0.1) is 0 Å². The van der Waals surface area contributed by atoms with E-state index in [9.17, 15) is 8.42 Å². The van der Waals surface area contributed by atoms with Crippen molar-refractivity contribution >= 4 is 15.7 Å². The summed E-state index contributed by atoms with van der Waals surface area (Å²) in [7, 11) is -3.61. The lowest BCUT2D eigenvalue weighted by Gasteiger charge is -2.12. The van der Waals surface area contributed by atoms with E-state index in [0.29, 0.717) is 17.1 Å². The first-order valence-corrected chi connectivity index (χ1v) is 9.93. The fraction of sp³-hybridized carbons (Fsp3) is 0.250. The zero-order chi connectivity index (χ0) is 18.9. The SMILES string of the molecule is Cc1ccc(C)c(S(=O)(=O)Nc2ccc(Cn3nc(C)cc3C)cc2)c1. The molecule has 3 aromatic rings. The lowest BCUT2D eigenvalue weighted by Crippen LogP contribution is -2.14. The van der Waals surface area contributed by atoms with Gasteiger partial charge in [0, 0.05) is 11.4 Å². The summed E-state index contributed by atoms with van der Waals surface area (Å²) in [6.45, 7) is 8.32. The maximum atomic E-state index is 12.7. The number of sulfonamides is 1. The molecule has 1 N–H and O–H groups in total. The van der Waals surface area contributed by atoms with Crippen LogP contribution in [0, 0.1) is 27.7 Å². The van der Waals surface area contributed by atoms with Crippen molar-refractivity contribution in [3.63, 3.8) is 0 Å². The minimum absolute atomic E-state index is 0.309. The van der Waals surface area contributed by atoms with E-state index >= 15 is 0 Å². The van der Waals surface area contributed by atoms with E-state index in [2.05, 4.69) is 9.82 Å². The third-order valence-corrected chi connectivity index (χ3v) is 5.80. The molecule has 0 aliphatic heterocycles. The van der Waals surface area contributed by atoms with Crippen LogP contribution in [0.5, 0.6) is 0 Å². The third kappa shape index (κ3) is 3.96. The van der Waals surface area contributed by atoms with Crippen molar-refractivity contribution in [2.45, 2.75) is 39.1 Å². The minimum Gasteiger partial charge on any atom is -0.280 e. The van der Waals surface area contributed by atoms with Crippen LogP contribution in [-0.2, 0) is 16.6 Å². The van der Waals surface area contributed by atoms with Gasteiger partial charge in [-0.1, -0.05) is 24.3 Å². The molecule has 1 heterocycles. The van der Waals surface area contributed by atoms with Crippen molar-refractivity contribution in [3.05, 3.63) is 76.6 Å². The number of aryl methyl sites for hydroxylation is 4. The molecule has 0 bridgehead atoms. The first-order chi connectivity index (χ1) is 12.2. The van der Waals surface area contributed by atoms with Crippen LogP contribution in [0.25, 0.3) is 0 Å². The monoisotopic (exact) mass is 369 g/mol. The molecule has 0 aliphatic carbocycles. The lowest BCUT2D eigenvalue weighted by molar-refractivity contribution is 0.600. The van der Waals surface area contributed by atoms with Gasteiger partial charge in [0.05, 0.1) is 17.1 Å². The summed E-state index contributed by atoms with van der Waals surface area (Å²) in [6.07, 6.45) is 0. The van der Waals surface area contributed by atoms with Gasteiger partial charge < -0.3 is 0 Å². The Hall–Kier alpha value is -2.60. The van der Waals surface area contributed by atoms with Crippen LogP contribution in [0.3, 0.4) is 0 Å². The van der Waals surface area contributed by atoms with Gasteiger partial charge in [0.15, 0.2) is 0 Å². The van der Waals surface area contributed by atoms with E-state index in [4.69, 9.17) is 0 Å². The van der Waals surface area contributed by atoms with E-state index in [-0.39, 0.29) is 0 Å². The molecule has 0 spiro atoms. The van der Waals surface area contributed by atoms with E-state index in [1.165, 1.54) is 0 Å². The highest BCUT2D eigenvalue weighted by molar-refractivity contribution is 7.92. The van der Waals surface area contributed by atoms with Crippen LogP contribution in [-0.4, -0.2) is 18.2 Å². The molecule has 0 fully saturated rings. The van der Waals surface area contributed by atoms with Gasteiger partial charge in [-0.2, -0.15) is 5.10 Å². The van der Waals surface area contributed by atoms with Gasteiger partial charge in [0.25, 0.3) is 10.0 Å². The number of benzene rings is 2. The number of anilines is 1. The van der Waals surface area contributed by atoms with Crippen molar-refractivity contribution < 1.29 is 8.42 Å². The van der Waals surface area contributed by atoms with Crippen LogP contribution in [0.2, 0.25) is 0 Å². The maximum absolute atomic E-state index is 12.7. The van der Waals surface area contributed by atoms with E-state index in [0.717, 1.165) is 28.1 Å². The Morgan fingerprint density at radius 2 is 1.65 bits per heavy atom. The predicted octanol–water partition coefficient (Wildman–Crippen LogP) is 3.97. The van der Waals surface area contributed by atoms with Gasteiger partial charge in [0.2, 0.25) is 0 Å². The molecule has 0 saturated carbocycles. The van der Waals surface area contributed by atoms with Gasteiger partial charge >= 0.3 is 0 Å². The maximum Gasteiger partial charge on any atom is 0.262 e. The van der Waals surface area contributed by atoms with E-state index in [1.54, 1.807) is 25.1 Å². The predicted molar refractivity (Wildman–Crippen MR) is 104 cm³/mol. The Morgan fingerprint density at radius 3 is 2.27 bits per heavy atom. The van der Waals surface area contributed by atoms with Crippen LogP contribution in [0.4, 0.5) is 5.69 Å². The van der Waals surface area contributed by atoms with Crippen molar-refractivity contribution in [2.75, 3.05) is 4.72 Å². The molecule has 0 saturated heterocycles. The van der Waals surface area contributed by atoms with Crippen molar-refractivity contribution in [2.24, 2.45) is 0 Å². The first-order valence-electron chi connectivity index (χ1n) is 8.45. The highest BCUT2D eigenvalue weighted by Gasteiger charge is 2.17. The van der Waals surface area contributed by atoms with Gasteiger partial charge in [-0.3, -0.25) is 9.40 Å². The first kappa shape index (κ1) is 18.2. The normalized spacial score (nSPS) is 11.5. The summed E-state index contributed by atoms with van der Waals surface area (Å²) in [6, 6.07) is 14.8. The molecule has 0 atom stereocenters. The molecule has 0 amide bonds. The highest BCUT2D eigenvalue weighted by atomic mass is 32.2. The standard InChI is InChI=1S/C20H23N3O2S/c1-14-5-6-15(2)20(11-14)26(24,25)22-19-9-7-18(8-10-19)13-23-17(4)12-16(3)21-23/h5-12,22H,13H2,1-4H3. The van der Waals surface area contributed by atoms with Crippen molar-refractivity contribution in [1.29, 1.82) is 0 Å². The van der Waals surface area contributed by atoms with Crippen LogP contribution in [0.1, 0.15) is 28.1 Å². The second-order valence-corrected chi connectivity index (χ2v) is 8.31. The Balaban J connectivity index is 1.78. The molecule has 136 valence electrons. The lowest BCUT2D eigenvalue weighted by atomic mass is 10.2. The number of hydrogen-bond acceptors (Lipinski definition) is 3. The molecular weight excluding hydrogens is 346 g/mol. The molecular formula is C20H23N3O2S. The molecule has 6 heteroatoms. The number of rotatable bonds is 5. The average Bonchev–Trinajstić information content (AvgIpc) is 2.88. The molecule has 26 heavy (non-hydrogen) atoms. The minimum atomic E-state index is -3.61. The fourth-order valence-corrected chi connectivity index (χ4v) is 4.28. The van der Waals surface area contributed by atoms with Gasteiger partial charge in [0.1, 0.15) is 0 Å². The molecule has 2 aromatic carbocycles. The average molecular weight is 369 g/mol. The quantitative estimate of drug-likeness (QED) is 0.740. The number of nitrogens with zero attached hydrogens (tertiary/aromatic N) is 2. The summed E-state index contributed by atoms with van der Waals surface area (Å²) in [5.74, 6) is 0. The molecule has 5 nitrogen and oxygen atoms in total. The summed E-state index contributed by atoms with van der Waals surface area (Å²) >= 11 is 0. The Bertz CT molecular complexity index is 1040. The Labute approximate surface area is 154 Å². The molecule has 0 aliphatic rings. The Kier molecular flexibility index (Phi) is 4.87. The second kappa shape index (κ2) is 6.96. The van der Waals surface area contributed by atoms with Gasteiger partial charge in [-0.05, 0) is 68.7 Å².